The van der Waals surface area contributed by atoms with E-state index in [0.29, 0.717) is 0 Å². The maximum atomic E-state index is 11.9. The molecule has 0 aromatic carbocycles. The van der Waals surface area contributed by atoms with Crippen LogP contribution in [0.4, 0.5) is 4.79 Å². The van der Waals surface area contributed by atoms with Crippen LogP contribution in [-0.2, 0) is 19.1 Å². The molecule has 1 aliphatic rings. The van der Waals surface area contributed by atoms with Crippen molar-refractivity contribution in [1.82, 2.24) is 4.90 Å². The third kappa shape index (κ3) is 4.06. The van der Waals surface area contributed by atoms with Crippen molar-refractivity contribution in [3.8, 4) is 0 Å². The number of rotatable bonds is 4. The van der Waals surface area contributed by atoms with Gasteiger partial charge in [-0.25, -0.2) is 9.59 Å². The van der Waals surface area contributed by atoms with E-state index in [4.69, 9.17) is 4.74 Å². The summed E-state index contributed by atoms with van der Waals surface area (Å²) in [5, 5.41) is 9.57. The maximum Gasteiger partial charge on any atom is 0.410 e. The van der Waals surface area contributed by atoms with E-state index in [0.717, 1.165) is 4.90 Å². The van der Waals surface area contributed by atoms with Crippen LogP contribution in [-0.4, -0.2) is 53.3 Å². The molecule has 0 radical (unpaired) electrons. The van der Waals surface area contributed by atoms with Crippen molar-refractivity contribution >= 4 is 18.0 Å². The zero-order valence-corrected chi connectivity index (χ0v) is 11.6. The molecule has 1 heterocycles. The molecule has 0 aliphatic carbocycles. The van der Waals surface area contributed by atoms with E-state index in [2.05, 4.69) is 11.3 Å². The molecule has 1 fully saturated rings. The van der Waals surface area contributed by atoms with E-state index < -0.39 is 36.1 Å². The molecule has 1 rings (SSSR count). The fourth-order valence-corrected chi connectivity index (χ4v) is 1.74. The Balaban J connectivity index is 2.70. The summed E-state index contributed by atoms with van der Waals surface area (Å²) in [5.74, 6) is -1.97. The molecule has 0 bridgehead atoms. The van der Waals surface area contributed by atoms with E-state index in [1.807, 2.05) is 0 Å². The van der Waals surface area contributed by atoms with Gasteiger partial charge in [0.1, 0.15) is 12.6 Å². The van der Waals surface area contributed by atoms with Gasteiger partial charge in [-0.1, -0.05) is 26.5 Å². The predicted octanol–water partition coefficient (Wildman–Crippen LogP) is 0.470. The molecular formula is C13H19NO6. The number of amides is 1. The van der Waals surface area contributed by atoms with E-state index in [1.54, 1.807) is 13.8 Å². The number of likely N-dealkylation sites (tertiary alicyclic amines) is 1. The van der Waals surface area contributed by atoms with Crippen LogP contribution in [0, 0.1) is 5.92 Å². The Morgan fingerprint density at radius 1 is 1.45 bits per heavy atom. The Morgan fingerprint density at radius 2 is 2.10 bits per heavy atom. The van der Waals surface area contributed by atoms with Gasteiger partial charge in [0.25, 0.3) is 0 Å². The number of carbonyl (C=O) groups excluding carboxylic acids is 3. The lowest BCUT2D eigenvalue weighted by atomic mass is 10.2. The monoisotopic (exact) mass is 285 g/mol. The van der Waals surface area contributed by atoms with Crippen molar-refractivity contribution in [2.75, 3.05) is 13.2 Å². The maximum absolute atomic E-state index is 11.9. The van der Waals surface area contributed by atoms with Crippen LogP contribution in [0.5, 0.6) is 0 Å². The van der Waals surface area contributed by atoms with Gasteiger partial charge in [0.05, 0.1) is 18.6 Å². The number of esters is 2. The van der Waals surface area contributed by atoms with E-state index in [-0.39, 0.29) is 19.6 Å². The third-order valence-electron chi connectivity index (χ3n) is 2.78. The average Bonchev–Trinajstić information content (AvgIpc) is 2.78. The molecule has 112 valence electrons. The van der Waals surface area contributed by atoms with Gasteiger partial charge >= 0.3 is 18.0 Å². The largest absolute Gasteiger partial charge is 0.445 e. The second kappa shape index (κ2) is 7.04. The van der Waals surface area contributed by atoms with Crippen LogP contribution in [0.1, 0.15) is 20.3 Å². The van der Waals surface area contributed by atoms with Crippen LogP contribution in [0.15, 0.2) is 12.7 Å². The minimum atomic E-state index is -1.01. The number of aliphatic hydroxyl groups excluding tert-OH is 1. The summed E-state index contributed by atoms with van der Waals surface area (Å²) in [6.07, 6.45) is -0.189. The molecule has 0 spiro atoms. The summed E-state index contributed by atoms with van der Waals surface area (Å²) in [6.45, 7) is 6.55. The lowest BCUT2D eigenvalue weighted by Gasteiger charge is -2.21. The molecule has 7 heteroatoms. The SMILES string of the molecule is C=CCOC(=O)N1CC(O)CC1C(=O)OC(=O)C(C)C. The molecule has 20 heavy (non-hydrogen) atoms. The van der Waals surface area contributed by atoms with Gasteiger partial charge in [0.15, 0.2) is 0 Å². The standard InChI is InChI=1S/C13H19NO6/c1-4-5-19-13(18)14-7-9(15)6-10(14)12(17)20-11(16)8(2)3/h4,8-10,15H,1,5-7H2,2-3H3. The molecule has 1 amide bonds. The van der Waals surface area contributed by atoms with Crippen molar-refractivity contribution in [1.29, 1.82) is 0 Å². The Morgan fingerprint density at radius 3 is 2.65 bits per heavy atom. The lowest BCUT2D eigenvalue weighted by molar-refractivity contribution is -0.164. The van der Waals surface area contributed by atoms with Crippen LogP contribution in [0.3, 0.4) is 0 Å². The summed E-state index contributed by atoms with van der Waals surface area (Å²) in [7, 11) is 0. The molecule has 0 aromatic heterocycles. The van der Waals surface area contributed by atoms with Crippen LogP contribution in [0.25, 0.3) is 0 Å². The highest BCUT2D eigenvalue weighted by Gasteiger charge is 2.41. The number of nitrogens with zero attached hydrogens (tertiary/aromatic N) is 1. The number of carbonyl (C=O) groups is 3. The highest BCUT2D eigenvalue weighted by Crippen LogP contribution is 2.20. The first kappa shape index (κ1) is 16.2. The first-order valence-corrected chi connectivity index (χ1v) is 6.34. The molecule has 1 aliphatic heterocycles. The second-order valence-corrected chi connectivity index (χ2v) is 4.82. The van der Waals surface area contributed by atoms with Crippen molar-refractivity contribution in [2.24, 2.45) is 5.92 Å². The van der Waals surface area contributed by atoms with Crippen molar-refractivity contribution in [2.45, 2.75) is 32.4 Å². The summed E-state index contributed by atoms with van der Waals surface area (Å²) >= 11 is 0. The molecule has 0 saturated carbocycles. The Bertz CT molecular complexity index is 406. The van der Waals surface area contributed by atoms with Gasteiger partial charge in [-0.05, 0) is 0 Å². The molecule has 7 nitrogen and oxygen atoms in total. The number of ether oxygens (including phenoxy) is 2. The number of aliphatic hydroxyl groups is 1. The molecule has 1 saturated heterocycles. The molecule has 0 aromatic rings. The Kier molecular flexibility index (Phi) is 5.69. The predicted molar refractivity (Wildman–Crippen MR) is 68.6 cm³/mol. The summed E-state index contributed by atoms with van der Waals surface area (Å²) in [5.41, 5.74) is 0. The van der Waals surface area contributed by atoms with Crippen molar-refractivity contribution in [3.63, 3.8) is 0 Å². The minimum absolute atomic E-state index is 0.00186. The second-order valence-electron chi connectivity index (χ2n) is 4.82. The number of hydrogen-bond donors (Lipinski definition) is 1. The lowest BCUT2D eigenvalue weighted by Crippen LogP contribution is -2.42. The summed E-state index contributed by atoms with van der Waals surface area (Å²) < 4.78 is 9.49. The van der Waals surface area contributed by atoms with Gasteiger partial charge in [-0.2, -0.15) is 0 Å². The zero-order valence-electron chi connectivity index (χ0n) is 11.6. The molecular weight excluding hydrogens is 266 g/mol. The van der Waals surface area contributed by atoms with Crippen LogP contribution >= 0.6 is 0 Å². The fraction of sp³-hybridized carbons (Fsp3) is 0.615. The fourth-order valence-electron chi connectivity index (χ4n) is 1.74. The van der Waals surface area contributed by atoms with Crippen LogP contribution < -0.4 is 0 Å². The summed E-state index contributed by atoms with van der Waals surface area (Å²) in [4.78, 5) is 36.1. The number of β-amino-alcohol motifs (C(OH)–C–C–N with tert-alkyl or cyclic N) is 1. The van der Waals surface area contributed by atoms with Gasteiger partial charge in [-0.15, -0.1) is 0 Å². The minimum Gasteiger partial charge on any atom is -0.445 e. The smallest absolute Gasteiger partial charge is 0.410 e. The summed E-state index contributed by atoms with van der Waals surface area (Å²) in [6, 6.07) is -1.01. The van der Waals surface area contributed by atoms with E-state index >= 15 is 0 Å². The molecule has 1 N–H and O–H groups in total. The first-order chi connectivity index (χ1) is 9.36. The Hall–Kier alpha value is -1.89. The van der Waals surface area contributed by atoms with Crippen molar-refractivity contribution in [3.05, 3.63) is 12.7 Å². The van der Waals surface area contributed by atoms with Gasteiger partial charge in [-0.3, -0.25) is 9.69 Å². The highest BCUT2D eigenvalue weighted by molar-refractivity contribution is 5.91. The third-order valence-corrected chi connectivity index (χ3v) is 2.78. The highest BCUT2D eigenvalue weighted by atomic mass is 16.6. The molecule has 2 atom stereocenters. The normalized spacial score (nSPS) is 21.7. The zero-order chi connectivity index (χ0) is 15.3. The van der Waals surface area contributed by atoms with E-state index in [1.165, 1.54) is 6.08 Å². The van der Waals surface area contributed by atoms with Crippen molar-refractivity contribution < 1.29 is 29.0 Å². The first-order valence-electron chi connectivity index (χ1n) is 6.34. The molecule has 2 unspecified atom stereocenters. The average molecular weight is 285 g/mol. The van der Waals surface area contributed by atoms with Crippen LogP contribution in [0.2, 0.25) is 0 Å². The van der Waals surface area contributed by atoms with Gasteiger partial charge in [0, 0.05) is 6.42 Å². The van der Waals surface area contributed by atoms with Gasteiger partial charge in [0.2, 0.25) is 0 Å². The van der Waals surface area contributed by atoms with Gasteiger partial charge < -0.3 is 14.6 Å². The Labute approximate surface area is 117 Å². The quantitative estimate of drug-likeness (QED) is 0.458. The number of hydrogen-bond acceptors (Lipinski definition) is 6. The topological polar surface area (TPSA) is 93.1 Å². The van der Waals surface area contributed by atoms with E-state index in [9.17, 15) is 19.5 Å².